The van der Waals surface area contributed by atoms with Gasteiger partial charge in [0.1, 0.15) is 5.75 Å². The quantitative estimate of drug-likeness (QED) is 0.407. The second kappa shape index (κ2) is 6.69. The van der Waals surface area contributed by atoms with Gasteiger partial charge in [-0.05, 0) is 47.5 Å². The standard InChI is InChI=1S/C22H16BrNO/c1-25-18-10-11-21-20(13-18)19(15-6-3-2-4-7-15)14-22(24-21)16-8-5-9-17(23)12-16/h2-14H,1H3. The fraction of sp³-hybridized carbons (Fsp3) is 0.0455. The summed E-state index contributed by atoms with van der Waals surface area (Å²) in [5, 5.41) is 1.09. The van der Waals surface area contributed by atoms with Crippen LogP contribution >= 0.6 is 15.9 Å². The summed E-state index contributed by atoms with van der Waals surface area (Å²) in [7, 11) is 1.69. The molecule has 1 aromatic heterocycles. The SMILES string of the molecule is COc1ccc2nc(-c3cccc(Br)c3)cc(-c3ccccc3)c2c1. The third-order valence-electron chi connectivity index (χ3n) is 4.22. The van der Waals surface area contributed by atoms with E-state index < -0.39 is 0 Å². The smallest absolute Gasteiger partial charge is 0.119 e. The Bertz CT molecular complexity index is 1040. The Kier molecular flexibility index (Phi) is 4.24. The van der Waals surface area contributed by atoms with Crippen molar-refractivity contribution < 1.29 is 4.74 Å². The summed E-state index contributed by atoms with van der Waals surface area (Å²) < 4.78 is 6.45. The number of pyridine rings is 1. The van der Waals surface area contributed by atoms with Crippen LogP contribution in [0, 0.1) is 0 Å². The molecule has 3 heteroatoms. The van der Waals surface area contributed by atoms with Gasteiger partial charge in [-0.2, -0.15) is 0 Å². The van der Waals surface area contributed by atoms with Crippen LogP contribution in [0.2, 0.25) is 0 Å². The number of benzene rings is 3. The number of ether oxygens (including phenoxy) is 1. The summed E-state index contributed by atoms with van der Waals surface area (Å²) >= 11 is 3.55. The van der Waals surface area contributed by atoms with E-state index in [1.54, 1.807) is 7.11 Å². The predicted molar refractivity (Wildman–Crippen MR) is 107 cm³/mol. The Balaban J connectivity index is 2.01. The number of hydrogen-bond acceptors (Lipinski definition) is 2. The normalized spacial score (nSPS) is 10.8. The number of fused-ring (bicyclic) bond motifs is 1. The average molecular weight is 390 g/mol. The molecule has 25 heavy (non-hydrogen) atoms. The van der Waals surface area contributed by atoms with Gasteiger partial charge in [-0.3, -0.25) is 0 Å². The van der Waals surface area contributed by atoms with E-state index in [1.807, 2.05) is 30.3 Å². The van der Waals surface area contributed by atoms with Crippen LogP contribution in [0.5, 0.6) is 5.75 Å². The van der Waals surface area contributed by atoms with Crippen molar-refractivity contribution in [1.82, 2.24) is 4.98 Å². The molecular weight excluding hydrogens is 374 g/mol. The lowest BCUT2D eigenvalue weighted by Crippen LogP contribution is -1.91. The Labute approximate surface area is 155 Å². The summed E-state index contributed by atoms with van der Waals surface area (Å²) in [6.07, 6.45) is 0. The lowest BCUT2D eigenvalue weighted by Gasteiger charge is -2.12. The van der Waals surface area contributed by atoms with E-state index in [1.165, 1.54) is 5.56 Å². The maximum Gasteiger partial charge on any atom is 0.119 e. The highest BCUT2D eigenvalue weighted by Crippen LogP contribution is 2.34. The zero-order valence-electron chi connectivity index (χ0n) is 13.7. The molecular formula is C22H16BrNO. The molecule has 0 aliphatic carbocycles. The highest BCUT2D eigenvalue weighted by atomic mass is 79.9. The first kappa shape index (κ1) is 15.9. The van der Waals surface area contributed by atoms with Crippen molar-refractivity contribution >= 4 is 26.8 Å². The second-order valence-corrected chi connectivity index (χ2v) is 6.73. The van der Waals surface area contributed by atoms with Crippen LogP contribution in [0.3, 0.4) is 0 Å². The molecule has 0 saturated heterocycles. The second-order valence-electron chi connectivity index (χ2n) is 5.81. The first-order valence-corrected chi connectivity index (χ1v) is 8.84. The van der Waals surface area contributed by atoms with Gasteiger partial charge in [0.2, 0.25) is 0 Å². The van der Waals surface area contributed by atoms with Crippen molar-refractivity contribution in [2.24, 2.45) is 0 Å². The minimum Gasteiger partial charge on any atom is -0.497 e. The first-order valence-electron chi connectivity index (χ1n) is 8.05. The van der Waals surface area contributed by atoms with Gasteiger partial charge in [-0.1, -0.05) is 58.4 Å². The van der Waals surface area contributed by atoms with Crippen LogP contribution in [-0.2, 0) is 0 Å². The zero-order chi connectivity index (χ0) is 17.2. The number of methoxy groups -OCH3 is 1. The van der Waals surface area contributed by atoms with Gasteiger partial charge in [-0.15, -0.1) is 0 Å². The molecule has 4 rings (SSSR count). The molecule has 0 saturated carbocycles. The van der Waals surface area contributed by atoms with E-state index in [0.717, 1.165) is 37.9 Å². The number of rotatable bonds is 3. The van der Waals surface area contributed by atoms with Crippen molar-refractivity contribution in [2.45, 2.75) is 0 Å². The number of halogens is 1. The third kappa shape index (κ3) is 3.15. The van der Waals surface area contributed by atoms with Gasteiger partial charge < -0.3 is 4.74 Å². The molecule has 0 radical (unpaired) electrons. The lowest BCUT2D eigenvalue weighted by molar-refractivity contribution is 0.415. The molecule has 0 atom stereocenters. The van der Waals surface area contributed by atoms with Gasteiger partial charge in [-0.25, -0.2) is 4.98 Å². The Morgan fingerprint density at radius 1 is 0.800 bits per heavy atom. The summed E-state index contributed by atoms with van der Waals surface area (Å²) in [5.41, 5.74) is 5.32. The molecule has 0 amide bonds. The maximum atomic E-state index is 5.41. The molecule has 4 aromatic rings. The lowest BCUT2D eigenvalue weighted by atomic mass is 9.98. The predicted octanol–water partition coefficient (Wildman–Crippen LogP) is 6.34. The maximum absolute atomic E-state index is 5.41. The summed E-state index contributed by atoms with van der Waals surface area (Å²) in [4.78, 5) is 4.87. The van der Waals surface area contributed by atoms with Crippen LogP contribution in [0.4, 0.5) is 0 Å². The van der Waals surface area contributed by atoms with Gasteiger partial charge in [0.25, 0.3) is 0 Å². The Morgan fingerprint density at radius 2 is 1.60 bits per heavy atom. The highest BCUT2D eigenvalue weighted by Gasteiger charge is 2.10. The number of nitrogens with zero attached hydrogens (tertiary/aromatic N) is 1. The van der Waals surface area contributed by atoms with E-state index in [-0.39, 0.29) is 0 Å². The largest absolute Gasteiger partial charge is 0.497 e. The van der Waals surface area contributed by atoms with Crippen LogP contribution in [0.1, 0.15) is 0 Å². The highest BCUT2D eigenvalue weighted by molar-refractivity contribution is 9.10. The van der Waals surface area contributed by atoms with E-state index in [9.17, 15) is 0 Å². The molecule has 122 valence electrons. The molecule has 0 spiro atoms. The molecule has 0 aliphatic heterocycles. The van der Waals surface area contributed by atoms with Gasteiger partial charge in [0.15, 0.2) is 0 Å². The Morgan fingerprint density at radius 3 is 2.36 bits per heavy atom. The zero-order valence-corrected chi connectivity index (χ0v) is 15.3. The molecule has 2 nitrogen and oxygen atoms in total. The fourth-order valence-electron chi connectivity index (χ4n) is 2.98. The van der Waals surface area contributed by atoms with E-state index in [4.69, 9.17) is 9.72 Å². The molecule has 0 fully saturated rings. The minimum atomic E-state index is 0.835. The summed E-state index contributed by atoms with van der Waals surface area (Å²) in [6, 6.07) is 26.8. The van der Waals surface area contributed by atoms with E-state index in [2.05, 4.69) is 64.5 Å². The van der Waals surface area contributed by atoms with E-state index >= 15 is 0 Å². The Hall–Kier alpha value is -2.65. The number of hydrogen-bond donors (Lipinski definition) is 0. The molecule has 0 bridgehead atoms. The fourth-order valence-corrected chi connectivity index (χ4v) is 3.38. The molecule has 0 aliphatic rings. The van der Waals surface area contributed by atoms with Gasteiger partial charge in [0, 0.05) is 15.4 Å². The van der Waals surface area contributed by atoms with Gasteiger partial charge >= 0.3 is 0 Å². The van der Waals surface area contributed by atoms with Crippen molar-refractivity contribution in [2.75, 3.05) is 7.11 Å². The summed E-state index contributed by atoms with van der Waals surface area (Å²) in [5.74, 6) is 0.835. The average Bonchev–Trinajstić information content (AvgIpc) is 2.67. The van der Waals surface area contributed by atoms with Crippen LogP contribution < -0.4 is 4.74 Å². The van der Waals surface area contributed by atoms with Crippen LogP contribution in [-0.4, -0.2) is 12.1 Å². The molecule has 3 aromatic carbocycles. The van der Waals surface area contributed by atoms with Crippen molar-refractivity contribution in [1.29, 1.82) is 0 Å². The topological polar surface area (TPSA) is 22.1 Å². The molecule has 0 N–H and O–H groups in total. The summed E-state index contributed by atoms with van der Waals surface area (Å²) in [6.45, 7) is 0. The molecule has 1 heterocycles. The van der Waals surface area contributed by atoms with Crippen molar-refractivity contribution in [3.8, 4) is 28.1 Å². The monoisotopic (exact) mass is 389 g/mol. The molecule has 0 unspecified atom stereocenters. The van der Waals surface area contributed by atoms with Gasteiger partial charge in [0.05, 0.1) is 18.3 Å². The third-order valence-corrected chi connectivity index (χ3v) is 4.71. The minimum absolute atomic E-state index is 0.835. The van der Waals surface area contributed by atoms with E-state index in [0.29, 0.717) is 0 Å². The van der Waals surface area contributed by atoms with Crippen LogP contribution in [0.15, 0.2) is 83.3 Å². The number of aromatic nitrogens is 1. The van der Waals surface area contributed by atoms with Crippen molar-refractivity contribution in [3.05, 3.63) is 83.3 Å². The van der Waals surface area contributed by atoms with Crippen molar-refractivity contribution in [3.63, 3.8) is 0 Å². The first-order chi connectivity index (χ1) is 12.2. The van der Waals surface area contributed by atoms with Crippen LogP contribution in [0.25, 0.3) is 33.3 Å².